The van der Waals surface area contributed by atoms with Crippen LogP contribution < -0.4 is 10.6 Å². The van der Waals surface area contributed by atoms with Gasteiger partial charge in [0, 0.05) is 9.79 Å². The van der Waals surface area contributed by atoms with E-state index in [1.165, 1.54) is 12.1 Å². The Labute approximate surface area is 278 Å². The van der Waals surface area contributed by atoms with Gasteiger partial charge in [-0.25, -0.2) is 18.4 Å². The third-order valence-corrected chi connectivity index (χ3v) is 8.45. The standard InChI is InChI=1S/C34H46F2N2O6S2/c1-19(2)15-25(31(41)43-33(5,6)7)37-29(39)23-13-11-21(35)17-27(23)45-46-28-18-22(36)12-14-24(28)30(40)38-26(16-20(3)4)32(42)44-34(8,9)10/h11-14,17-20,25-26H,15-16H2,1-10H3,(H,37,39)(H,38,40)/t25-,26-/m0/s1. The van der Waals surface area contributed by atoms with Crippen LogP contribution in [-0.2, 0) is 19.1 Å². The maximum Gasteiger partial charge on any atom is 0.329 e. The molecule has 12 heteroatoms. The summed E-state index contributed by atoms with van der Waals surface area (Å²) in [5.74, 6) is -3.52. The van der Waals surface area contributed by atoms with Gasteiger partial charge in [0.1, 0.15) is 34.9 Å². The number of hydrogen-bond donors (Lipinski definition) is 2. The molecule has 2 atom stereocenters. The van der Waals surface area contributed by atoms with E-state index in [1.807, 2.05) is 27.7 Å². The zero-order valence-electron chi connectivity index (χ0n) is 28.2. The van der Waals surface area contributed by atoms with Gasteiger partial charge in [-0.05, 0) is 103 Å². The van der Waals surface area contributed by atoms with Gasteiger partial charge in [-0.3, -0.25) is 9.59 Å². The van der Waals surface area contributed by atoms with Gasteiger partial charge < -0.3 is 20.1 Å². The first kappa shape index (κ1) is 39.1. The van der Waals surface area contributed by atoms with Crippen LogP contribution in [0, 0.1) is 23.5 Å². The fraction of sp³-hybridized carbons (Fsp3) is 0.529. The van der Waals surface area contributed by atoms with E-state index < -0.39 is 58.7 Å². The highest BCUT2D eigenvalue weighted by molar-refractivity contribution is 8.76. The molecule has 2 rings (SSSR count). The van der Waals surface area contributed by atoms with Crippen LogP contribution in [0.15, 0.2) is 46.2 Å². The third kappa shape index (κ3) is 13.3. The Morgan fingerprint density at radius 3 is 1.26 bits per heavy atom. The molecule has 0 aromatic heterocycles. The summed E-state index contributed by atoms with van der Waals surface area (Å²) >= 11 is 0. The van der Waals surface area contributed by atoms with Crippen LogP contribution in [0.4, 0.5) is 8.78 Å². The summed E-state index contributed by atoms with van der Waals surface area (Å²) in [6, 6.07) is 5.27. The minimum absolute atomic E-state index is 0.0587. The Balaban J connectivity index is 2.34. The fourth-order valence-electron chi connectivity index (χ4n) is 4.18. The maximum absolute atomic E-state index is 14.4. The molecule has 0 spiro atoms. The lowest BCUT2D eigenvalue weighted by Gasteiger charge is -2.26. The van der Waals surface area contributed by atoms with Crippen molar-refractivity contribution >= 4 is 45.3 Å². The lowest BCUT2D eigenvalue weighted by Crippen LogP contribution is -2.45. The summed E-state index contributed by atoms with van der Waals surface area (Å²) < 4.78 is 39.8. The van der Waals surface area contributed by atoms with Crippen molar-refractivity contribution in [2.45, 2.75) is 115 Å². The number of rotatable bonds is 13. The molecular weight excluding hydrogens is 635 g/mol. The highest BCUT2D eigenvalue weighted by Gasteiger charge is 2.30. The molecular formula is C34H46F2N2O6S2. The van der Waals surface area contributed by atoms with Gasteiger partial charge in [0.2, 0.25) is 0 Å². The maximum atomic E-state index is 14.4. The predicted molar refractivity (Wildman–Crippen MR) is 178 cm³/mol. The minimum Gasteiger partial charge on any atom is -0.458 e. The Bertz CT molecular complexity index is 1300. The van der Waals surface area contributed by atoms with Gasteiger partial charge in [0.05, 0.1) is 11.1 Å². The first-order valence-electron chi connectivity index (χ1n) is 15.2. The largest absolute Gasteiger partial charge is 0.458 e. The topological polar surface area (TPSA) is 111 Å². The highest BCUT2D eigenvalue weighted by Crippen LogP contribution is 2.41. The second kappa shape index (κ2) is 16.6. The smallest absolute Gasteiger partial charge is 0.329 e. The van der Waals surface area contributed by atoms with Crippen LogP contribution >= 0.6 is 21.6 Å². The van der Waals surface area contributed by atoms with Gasteiger partial charge in [0.25, 0.3) is 11.8 Å². The second-order valence-corrected chi connectivity index (χ2v) is 16.0. The van der Waals surface area contributed by atoms with Crippen molar-refractivity contribution in [2.24, 2.45) is 11.8 Å². The van der Waals surface area contributed by atoms with E-state index >= 15 is 0 Å². The molecule has 2 aromatic rings. The van der Waals surface area contributed by atoms with E-state index in [9.17, 15) is 28.0 Å². The molecule has 0 radical (unpaired) electrons. The molecule has 2 amide bonds. The zero-order chi connectivity index (χ0) is 35.0. The van der Waals surface area contributed by atoms with E-state index in [4.69, 9.17) is 9.47 Å². The van der Waals surface area contributed by atoms with E-state index in [1.54, 1.807) is 41.5 Å². The first-order valence-corrected chi connectivity index (χ1v) is 17.3. The molecule has 0 fully saturated rings. The highest BCUT2D eigenvalue weighted by atomic mass is 33.1. The van der Waals surface area contributed by atoms with Crippen molar-refractivity contribution in [3.8, 4) is 0 Å². The first-order chi connectivity index (χ1) is 21.1. The molecule has 0 saturated carbocycles. The Kier molecular flexibility index (Phi) is 14.1. The molecule has 0 unspecified atom stereocenters. The number of carbonyl (C=O) groups excluding carboxylic acids is 4. The van der Waals surface area contributed by atoms with Crippen LogP contribution in [0.25, 0.3) is 0 Å². The SMILES string of the molecule is CC(C)C[C@H](NC(=O)c1ccc(F)cc1SSc1cc(F)ccc1C(=O)N[C@@H](CC(C)C)C(=O)OC(C)(C)C)C(=O)OC(C)(C)C. The van der Waals surface area contributed by atoms with Crippen LogP contribution in [-0.4, -0.2) is 47.0 Å². The monoisotopic (exact) mass is 680 g/mol. The lowest BCUT2D eigenvalue weighted by atomic mass is 10.0. The zero-order valence-corrected chi connectivity index (χ0v) is 29.8. The van der Waals surface area contributed by atoms with Gasteiger partial charge in [0.15, 0.2) is 0 Å². The van der Waals surface area contributed by atoms with Crippen LogP contribution in [0.1, 0.15) is 103 Å². The van der Waals surface area contributed by atoms with Crippen molar-refractivity contribution in [3.63, 3.8) is 0 Å². The van der Waals surface area contributed by atoms with Gasteiger partial charge >= 0.3 is 11.9 Å². The van der Waals surface area contributed by atoms with E-state index in [0.717, 1.165) is 45.9 Å². The summed E-state index contributed by atoms with van der Waals surface area (Å²) in [6.45, 7) is 18.0. The van der Waals surface area contributed by atoms with Crippen molar-refractivity contribution < 1.29 is 37.4 Å². The van der Waals surface area contributed by atoms with Crippen LogP contribution in [0.3, 0.4) is 0 Å². The molecule has 2 aromatic carbocycles. The summed E-state index contributed by atoms with van der Waals surface area (Å²) in [4.78, 5) is 53.0. The predicted octanol–water partition coefficient (Wildman–Crippen LogP) is 7.74. The van der Waals surface area contributed by atoms with Crippen molar-refractivity contribution in [3.05, 3.63) is 59.2 Å². The summed E-state index contributed by atoms with van der Waals surface area (Å²) in [6.07, 6.45) is 0.643. The normalized spacial score (nSPS) is 13.3. The number of carbonyl (C=O) groups is 4. The third-order valence-electron chi connectivity index (χ3n) is 6.01. The Morgan fingerprint density at radius 2 is 0.978 bits per heavy atom. The summed E-state index contributed by atoms with van der Waals surface area (Å²) in [5, 5.41) is 5.44. The van der Waals surface area contributed by atoms with Gasteiger partial charge in [-0.15, -0.1) is 0 Å². The number of benzene rings is 2. The van der Waals surface area contributed by atoms with Crippen molar-refractivity contribution in [2.75, 3.05) is 0 Å². The molecule has 46 heavy (non-hydrogen) atoms. The van der Waals surface area contributed by atoms with Crippen molar-refractivity contribution in [1.82, 2.24) is 10.6 Å². The summed E-state index contributed by atoms with van der Waals surface area (Å²) in [7, 11) is 1.89. The molecule has 0 aliphatic rings. The number of nitrogens with one attached hydrogen (secondary N) is 2. The second-order valence-electron chi connectivity index (χ2n) is 13.8. The molecule has 0 heterocycles. The molecule has 0 aliphatic heterocycles. The quantitative estimate of drug-likeness (QED) is 0.163. The van der Waals surface area contributed by atoms with Gasteiger partial charge in [-0.2, -0.15) is 0 Å². The minimum atomic E-state index is -0.940. The lowest BCUT2D eigenvalue weighted by molar-refractivity contribution is -0.158. The molecule has 0 saturated heterocycles. The average Bonchev–Trinajstić information content (AvgIpc) is 2.88. The van der Waals surface area contributed by atoms with Crippen LogP contribution in [0.5, 0.6) is 0 Å². The number of halogens is 2. The average molecular weight is 681 g/mol. The van der Waals surface area contributed by atoms with E-state index in [-0.39, 0.29) is 32.8 Å². The Hall–Kier alpha value is -3.12. The molecule has 2 N–H and O–H groups in total. The number of amides is 2. The van der Waals surface area contributed by atoms with E-state index in [0.29, 0.717) is 12.8 Å². The molecule has 0 bridgehead atoms. The van der Waals surface area contributed by atoms with Crippen molar-refractivity contribution in [1.29, 1.82) is 0 Å². The molecule has 8 nitrogen and oxygen atoms in total. The number of ether oxygens (including phenoxy) is 2. The Morgan fingerprint density at radius 1 is 0.652 bits per heavy atom. The van der Waals surface area contributed by atoms with E-state index in [2.05, 4.69) is 10.6 Å². The molecule has 0 aliphatic carbocycles. The fourth-order valence-corrected chi connectivity index (χ4v) is 6.55. The van der Waals surface area contributed by atoms with Crippen LogP contribution in [0.2, 0.25) is 0 Å². The van der Waals surface area contributed by atoms with Gasteiger partial charge in [-0.1, -0.05) is 49.3 Å². The number of hydrogen-bond acceptors (Lipinski definition) is 8. The molecule has 254 valence electrons. The summed E-state index contributed by atoms with van der Waals surface area (Å²) in [5.41, 5.74) is -1.36. The number of esters is 2.